The molecule has 1 aliphatic heterocycles. The van der Waals surface area contributed by atoms with E-state index >= 15 is 0 Å². The molecule has 3 heteroatoms. The highest BCUT2D eigenvalue weighted by molar-refractivity contribution is 4.97. The molecular formula is C18H36N2O. The van der Waals surface area contributed by atoms with Gasteiger partial charge in [0.2, 0.25) is 0 Å². The van der Waals surface area contributed by atoms with Crippen LogP contribution in [-0.2, 0) is 4.74 Å². The molecule has 3 atom stereocenters. The maximum Gasteiger partial charge on any atom is 0.0702 e. The Labute approximate surface area is 131 Å². The molecule has 2 rings (SSSR count). The van der Waals surface area contributed by atoms with Crippen molar-refractivity contribution in [3.05, 3.63) is 0 Å². The van der Waals surface area contributed by atoms with Gasteiger partial charge in [0.15, 0.2) is 0 Å². The molecule has 1 saturated carbocycles. The van der Waals surface area contributed by atoms with Gasteiger partial charge in [0.05, 0.1) is 6.10 Å². The first-order valence-corrected chi connectivity index (χ1v) is 9.14. The molecule has 124 valence electrons. The molecule has 0 bridgehead atoms. The number of hydrogen-bond donors (Lipinski definition) is 1. The van der Waals surface area contributed by atoms with Gasteiger partial charge in [-0.05, 0) is 56.5 Å². The molecule has 3 unspecified atom stereocenters. The van der Waals surface area contributed by atoms with Crippen LogP contribution in [0.4, 0.5) is 0 Å². The lowest BCUT2D eigenvalue weighted by Gasteiger charge is -2.35. The summed E-state index contributed by atoms with van der Waals surface area (Å²) < 4.78 is 5.83. The number of nitrogens with zero attached hydrogens (tertiary/aromatic N) is 1. The summed E-state index contributed by atoms with van der Waals surface area (Å²) in [5.41, 5.74) is 0.448. The smallest absolute Gasteiger partial charge is 0.0702 e. The molecule has 3 nitrogen and oxygen atoms in total. The highest BCUT2D eigenvalue weighted by atomic mass is 16.5. The van der Waals surface area contributed by atoms with Crippen LogP contribution < -0.4 is 5.32 Å². The van der Waals surface area contributed by atoms with Crippen molar-refractivity contribution in [1.29, 1.82) is 0 Å². The number of likely N-dealkylation sites (N-methyl/N-ethyl adjacent to an activating group) is 1. The van der Waals surface area contributed by atoms with E-state index in [-0.39, 0.29) is 0 Å². The second kappa shape index (κ2) is 7.94. The number of rotatable bonds is 8. The Morgan fingerprint density at radius 2 is 2.00 bits per heavy atom. The van der Waals surface area contributed by atoms with Gasteiger partial charge in [-0.3, -0.25) is 0 Å². The molecular weight excluding hydrogens is 260 g/mol. The molecule has 21 heavy (non-hydrogen) atoms. The van der Waals surface area contributed by atoms with Gasteiger partial charge in [-0.15, -0.1) is 0 Å². The summed E-state index contributed by atoms with van der Waals surface area (Å²) in [4.78, 5) is 2.63. The third-order valence-electron chi connectivity index (χ3n) is 5.51. The Morgan fingerprint density at radius 1 is 1.19 bits per heavy atom. The maximum absolute atomic E-state index is 5.83. The van der Waals surface area contributed by atoms with Crippen LogP contribution >= 0.6 is 0 Å². The van der Waals surface area contributed by atoms with Gasteiger partial charge in [-0.2, -0.15) is 0 Å². The summed E-state index contributed by atoms with van der Waals surface area (Å²) in [6.07, 6.45) is 6.95. The molecule has 0 amide bonds. The maximum atomic E-state index is 5.83. The molecule has 0 spiro atoms. The standard InChI is InChI=1S/C18H36N2O/c1-5-11-19-17-15(9-10-18(17,3)4)13-20(6-2)14-16-8-7-12-21-16/h15-17,19H,5-14H2,1-4H3. The predicted molar refractivity (Wildman–Crippen MR) is 89.7 cm³/mol. The van der Waals surface area contributed by atoms with Crippen LogP contribution in [0.2, 0.25) is 0 Å². The number of ether oxygens (including phenoxy) is 1. The fraction of sp³-hybridized carbons (Fsp3) is 1.00. The summed E-state index contributed by atoms with van der Waals surface area (Å²) in [6, 6.07) is 0.677. The monoisotopic (exact) mass is 296 g/mol. The molecule has 1 N–H and O–H groups in total. The van der Waals surface area contributed by atoms with Crippen LogP contribution in [0.15, 0.2) is 0 Å². The second-order valence-corrected chi connectivity index (χ2v) is 7.71. The Hall–Kier alpha value is -0.120. The summed E-state index contributed by atoms with van der Waals surface area (Å²) in [7, 11) is 0. The van der Waals surface area contributed by atoms with Crippen molar-refractivity contribution in [2.24, 2.45) is 11.3 Å². The molecule has 1 aliphatic carbocycles. The quantitative estimate of drug-likeness (QED) is 0.744. The first-order chi connectivity index (χ1) is 10.1. The van der Waals surface area contributed by atoms with E-state index in [2.05, 4.69) is 37.9 Å². The van der Waals surface area contributed by atoms with Gasteiger partial charge in [0.25, 0.3) is 0 Å². The van der Waals surface area contributed by atoms with E-state index in [4.69, 9.17) is 4.74 Å². The van der Waals surface area contributed by atoms with Crippen molar-refractivity contribution in [3.63, 3.8) is 0 Å². The largest absolute Gasteiger partial charge is 0.377 e. The molecule has 2 aliphatic rings. The van der Waals surface area contributed by atoms with Gasteiger partial charge in [0, 0.05) is 25.7 Å². The lowest BCUT2D eigenvalue weighted by molar-refractivity contribution is 0.0664. The summed E-state index contributed by atoms with van der Waals surface area (Å²) in [6.45, 7) is 15.1. The average molecular weight is 296 g/mol. The first-order valence-electron chi connectivity index (χ1n) is 9.14. The fourth-order valence-corrected chi connectivity index (χ4v) is 4.20. The lowest BCUT2D eigenvalue weighted by Crippen LogP contribution is -2.47. The highest BCUT2D eigenvalue weighted by Crippen LogP contribution is 2.41. The van der Waals surface area contributed by atoms with E-state index in [0.717, 1.165) is 32.2 Å². The van der Waals surface area contributed by atoms with Crippen molar-refractivity contribution in [2.75, 3.05) is 32.8 Å². The molecule has 0 radical (unpaired) electrons. The van der Waals surface area contributed by atoms with E-state index in [0.29, 0.717) is 17.6 Å². The van der Waals surface area contributed by atoms with Gasteiger partial charge in [-0.1, -0.05) is 27.7 Å². The fourth-order valence-electron chi connectivity index (χ4n) is 4.20. The summed E-state index contributed by atoms with van der Waals surface area (Å²) in [5.74, 6) is 0.799. The normalized spacial score (nSPS) is 32.1. The Morgan fingerprint density at radius 3 is 2.62 bits per heavy atom. The molecule has 0 aromatic carbocycles. The van der Waals surface area contributed by atoms with Crippen LogP contribution in [0.25, 0.3) is 0 Å². The Balaban J connectivity index is 1.88. The minimum Gasteiger partial charge on any atom is -0.377 e. The van der Waals surface area contributed by atoms with Crippen LogP contribution in [0.3, 0.4) is 0 Å². The van der Waals surface area contributed by atoms with Crippen molar-refractivity contribution < 1.29 is 4.74 Å². The van der Waals surface area contributed by atoms with E-state index in [1.807, 2.05) is 0 Å². The topological polar surface area (TPSA) is 24.5 Å². The lowest BCUT2D eigenvalue weighted by atomic mass is 9.84. The third kappa shape index (κ3) is 4.67. The SMILES string of the molecule is CCCNC1C(CN(CC)CC2CCCO2)CCC1(C)C. The molecule has 1 heterocycles. The summed E-state index contributed by atoms with van der Waals surface area (Å²) in [5, 5.41) is 3.84. The molecule has 1 saturated heterocycles. The number of nitrogens with one attached hydrogen (secondary N) is 1. The Bertz CT molecular complexity index is 300. The van der Waals surface area contributed by atoms with Gasteiger partial charge >= 0.3 is 0 Å². The van der Waals surface area contributed by atoms with E-state index in [1.54, 1.807) is 0 Å². The van der Waals surface area contributed by atoms with Crippen molar-refractivity contribution in [1.82, 2.24) is 10.2 Å². The number of hydrogen-bond acceptors (Lipinski definition) is 3. The van der Waals surface area contributed by atoms with Crippen molar-refractivity contribution in [3.8, 4) is 0 Å². The third-order valence-corrected chi connectivity index (χ3v) is 5.51. The molecule has 2 fully saturated rings. The summed E-state index contributed by atoms with van der Waals surface area (Å²) >= 11 is 0. The van der Waals surface area contributed by atoms with E-state index < -0.39 is 0 Å². The van der Waals surface area contributed by atoms with Crippen molar-refractivity contribution in [2.45, 2.75) is 71.9 Å². The predicted octanol–water partition coefficient (Wildman–Crippen LogP) is 3.29. The minimum absolute atomic E-state index is 0.448. The molecule has 0 aromatic heterocycles. The van der Waals surface area contributed by atoms with Gasteiger partial charge < -0.3 is 15.0 Å². The van der Waals surface area contributed by atoms with Crippen LogP contribution in [-0.4, -0.2) is 49.8 Å². The van der Waals surface area contributed by atoms with E-state index in [9.17, 15) is 0 Å². The molecule has 0 aromatic rings. The highest BCUT2D eigenvalue weighted by Gasteiger charge is 2.41. The zero-order chi connectivity index (χ0) is 15.3. The second-order valence-electron chi connectivity index (χ2n) is 7.71. The first kappa shape index (κ1) is 17.2. The Kier molecular flexibility index (Phi) is 6.51. The zero-order valence-electron chi connectivity index (χ0n) is 14.7. The average Bonchev–Trinajstić information content (AvgIpc) is 3.05. The van der Waals surface area contributed by atoms with E-state index in [1.165, 1.54) is 38.6 Å². The van der Waals surface area contributed by atoms with Gasteiger partial charge in [-0.25, -0.2) is 0 Å². The van der Waals surface area contributed by atoms with Crippen molar-refractivity contribution >= 4 is 0 Å². The van der Waals surface area contributed by atoms with Crippen LogP contribution in [0.1, 0.15) is 59.8 Å². The van der Waals surface area contributed by atoms with Gasteiger partial charge in [0.1, 0.15) is 0 Å². The zero-order valence-corrected chi connectivity index (χ0v) is 14.7. The van der Waals surface area contributed by atoms with Crippen LogP contribution in [0, 0.1) is 11.3 Å². The minimum atomic E-state index is 0.448. The van der Waals surface area contributed by atoms with Crippen LogP contribution in [0.5, 0.6) is 0 Å².